The lowest BCUT2D eigenvalue weighted by molar-refractivity contribution is -0.134. The van der Waals surface area contributed by atoms with Crippen LogP contribution in [0.25, 0.3) is 0 Å². The van der Waals surface area contributed by atoms with E-state index in [9.17, 15) is 13.2 Å². The van der Waals surface area contributed by atoms with E-state index in [4.69, 9.17) is 4.74 Å². The molecule has 7 nitrogen and oxygen atoms in total. The van der Waals surface area contributed by atoms with Gasteiger partial charge < -0.3 is 9.64 Å². The van der Waals surface area contributed by atoms with Gasteiger partial charge in [-0.05, 0) is 0 Å². The minimum absolute atomic E-state index is 0.0788. The number of carbonyl (C=O) groups is 1. The van der Waals surface area contributed by atoms with Gasteiger partial charge in [0.1, 0.15) is 0 Å². The topological polar surface area (TPSA) is 70.2 Å². The fraction of sp³-hybridized carbons (Fsp3) is 0.909. The first kappa shape index (κ1) is 14.7. The van der Waals surface area contributed by atoms with Crippen molar-refractivity contribution in [1.29, 1.82) is 0 Å². The van der Waals surface area contributed by atoms with E-state index >= 15 is 0 Å². The zero-order chi connectivity index (χ0) is 13.9. The van der Waals surface area contributed by atoms with Crippen LogP contribution in [0.2, 0.25) is 0 Å². The Morgan fingerprint density at radius 3 is 2.16 bits per heavy atom. The molecule has 2 heterocycles. The molecule has 0 aromatic carbocycles. The Hall–Kier alpha value is -0.700. The Morgan fingerprint density at radius 1 is 1.05 bits per heavy atom. The lowest BCUT2D eigenvalue weighted by Crippen LogP contribution is -2.53. The fourth-order valence-electron chi connectivity index (χ4n) is 2.32. The fourth-order valence-corrected chi connectivity index (χ4v) is 3.15. The third kappa shape index (κ3) is 4.13. The number of morpholine rings is 1. The van der Waals surface area contributed by atoms with Gasteiger partial charge in [-0.2, -0.15) is 4.31 Å². The number of piperazine rings is 1. The zero-order valence-electron chi connectivity index (χ0n) is 11.2. The molecule has 19 heavy (non-hydrogen) atoms. The highest BCUT2D eigenvalue weighted by Crippen LogP contribution is 2.07. The summed E-state index contributed by atoms with van der Waals surface area (Å²) >= 11 is 0. The minimum atomic E-state index is -3.13. The molecule has 2 aliphatic heterocycles. The average Bonchev–Trinajstić information content (AvgIpc) is 2.39. The van der Waals surface area contributed by atoms with Crippen molar-refractivity contribution in [2.24, 2.45) is 0 Å². The maximum atomic E-state index is 12.1. The SMILES string of the molecule is CS(=O)(=O)N1CCN(C(=O)CN2CCOCC2)CC1. The number of sulfonamides is 1. The van der Waals surface area contributed by atoms with Crippen LogP contribution in [0.3, 0.4) is 0 Å². The summed E-state index contributed by atoms with van der Waals surface area (Å²) < 4.78 is 29.4. The highest BCUT2D eigenvalue weighted by molar-refractivity contribution is 7.88. The second kappa shape index (κ2) is 6.17. The number of rotatable bonds is 3. The van der Waals surface area contributed by atoms with Gasteiger partial charge in [-0.15, -0.1) is 0 Å². The van der Waals surface area contributed by atoms with Gasteiger partial charge in [0.15, 0.2) is 0 Å². The molecule has 0 atom stereocenters. The monoisotopic (exact) mass is 291 g/mol. The van der Waals surface area contributed by atoms with Gasteiger partial charge in [-0.1, -0.05) is 0 Å². The van der Waals surface area contributed by atoms with E-state index in [1.165, 1.54) is 10.6 Å². The lowest BCUT2D eigenvalue weighted by Gasteiger charge is -2.35. The van der Waals surface area contributed by atoms with Gasteiger partial charge in [-0.25, -0.2) is 8.42 Å². The molecule has 0 N–H and O–H groups in total. The van der Waals surface area contributed by atoms with Crippen LogP contribution < -0.4 is 0 Å². The van der Waals surface area contributed by atoms with Crippen LogP contribution in [-0.4, -0.2) is 93.7 Å². The van der Waals surface area contributed by atoms with Crippen molar-refractivity contribution in [3.63, 3.8) is 0 Å². The smallest absolute Gasteiger partial charge is 0.236 e. The first-order valence-electron chi connectivity index (χ1n) is 6.50. The first-order valence-corrected chi connectivity index (χ1v) is 8.34. The normalized spacial score (nSPS) is 23.5. The predicted molar refractivity (Wildman–Crippen MR) is 70.3 cm³/mol. The molecule has 0 aromatic rings. The summed E-state index contributed by atoms with van der Waals surface area (Å²) in [5.41, 5.74) is 0. The van der Waals surface area contributed by atoms with E-state index < -0.39 is 10.0 Å². The number of amides is 1. The molecule has 2 aliphatic rings. The predicted octanol–water partition coefficient (Wildman–Crippen LogP) is -1.58. The summed E-state index contributed by atoms with van der Waals surface area (Å²) in [4.78, 5) is 15.9. The standard InChI is InChI=1S/C11H21N3O4S/c1-19(16,17)14-4-2-13(3-5-14)11(15)10-12-6-8-18-9-7-12/h2-10H2,1H3. The number of carbonyl (C=O) groups excluding carboxylic acids is 1. The van der Waals surface area contributed by atoms with E-state index in [1.807, 2.05) is 0 Å². The summed E-state index contributed by atoms with van der Waals surface area (Å²) in [7, 11) is -3.13. The van der Waals surface area contributed by atoms with Crippen LogP contribution in [0.5, 0.6) is 0 Å². The van der Waals surface area contributed by atoms with E-state index in [0.29, 0.717) is 45.9 Å². The maximum Gasteiger partial charge on any atom is 0.236 e. The largest absolute Gasteiger partial charge is 0.379 e. The van der Waals surface area contributed by atoms with Crippen molar-refractivity contribution in [3.8, 4) is 0 Å². The van der Waals surface area contributed by atoms with Gasteiger partial charge in [0.05, 0.1) is 26.0 Å². The molecule has 0 spiro atoms. The maximum absolute atomic E-state index is 12.1. The Balaban J connectivity index is 1.79. The van der Waals surface area contributed by atoms with Crippen LogP contribution in [0, 0.1) is 0 Å². The van der Waals surface area contributed by atoms with E-state index in [1.54, 1.807) is 4.90 Å². The van der Waals surface area contributed by atoms with Crippen molar-refractivity contribution in [2.75, 3.05) is 65.3 Å². The Bertz CT molecular complexity index is 412. The van der Waals surface area contributed by atoms with Crippen molar-refractivity contribution in [1.82, 2.24) is 14.1 Å². The number of hydrogen-bond acceptors (Lipinski definition) is 5. The highest BCUT2D eigenvalue weighted by atomic mass is 32.2. The van der Waals surface area contributed by atoms with E-state index in [0.717, 1.165) is 13.1 Å². The second-order valence-electron chi connectivity index (χ2n) is 4.93. The average molecular weight is 291 g/mol. The van der Waals surface area contributed by atoms with Gasteiger partial charge in [0, 0.05) is 39.3 Å². The number of ether oxygens (including phenoxy) is 1. The van der Waals surface area contributed by atoms with E-state index in [-0.39, 0.29) is 5.91 Å². The molecule has 2 rings (SSSR count). The van der Waals surface area contributed by atoms with E-state index in [2.05, 4.69) is 4.90 Å². The van der Waals surface area contributed by atoms with Crippen molar-refractivity contribution in [2.45, 2.75) is 0 Å². The minimum Gasteiger partial charge on any atom is -0.379 e. The van der Waals surface area contributed by atoms with Crippen LogP contribution >= 0.6 is 0 Å². The summed E-state index contributed by atoms with van der Waals surface area (Å²) in [6, 6.07) is 0. The number of hydrogen-bond donors (Lipinski definition) is 0. The highest BCUT2D eigenvalue weighted by Gasteiger charge is 2.27. The molecule has 0 aliphatic carbocycles. The molecule has 2 fully saturated rings. The molecule has 0 unspecified atom stereocenters. The van der Waals surface area contributed by atoms with Crippen LogP contribution in [0.4, 0.5) is 0 Å². The van der Waals surface area contributed by atoms with Crippen molar-refractivity contribution < 1.29 is 17.9 Å². The molecular formula is C11H21N3O4S. The van der Waals surface area contributed by atoms with Crippen LogP contribution in [0.1, 0.15) is 0 Å². The molecule has 110 valence electrons. The molecular weight excluding hydrogens is 270 g/mol. The third-order valence-electron chi connectivity index (χ3n) is 3.52. The zero-order valence-corrected chi connectivity index (χ0v) is 12.1. The first-order chi connectivity index (χ1) is 8.97. The Morgan fingerprint density at radius 2 is 1.63 bits per heavy atom. The molecule has 8 heteroatoms. The van der Waals surface area contributed by atoms with Crippen molar-refractivity contribution >= 4 is 15.9 Å². The quantitative estimate of drug-likeness (QED) is 0.628. The van der Waals surface area contributed by atoms with Gasteiger partial charge in [0.25, 0.3) is 0 Å². The van der Waals surface area contributed by atoms with Crippen LogP contribution in [0.15, 0.2) is 0 Å². The van der Waals surface area contributed by atoms with Gasteiger partial charge >= 0.3 is 0 Å². The molecule has 0 saturated carbocycles. The Kier molecular flexibility index (Phi) is 4.77. The van der Waals surface area contributed by atoms with Crippen LogP contribution in [-0.2, 0) is 19.6 Å². The summed E-state index contributed by atoms with van der Waals surface area (Å²) in [5.74, 6) is 0.0788. The molecule has 0 aromatic heterocycles. The van der Waals surface area contributed by atoms with Gasteiger partial charge in [0.2, 0.25) is 15.9 Å². The summed E-state index contributed by atoms with van der Waals surface area (Å²) in [5, 5.41) is 0. The summed E-state index contributed by atoms with van der Waals surface area (Å²) in [6.45, 7) is 5.09. The molecule has 0 radical (unpaired) electrons. The lowest BCUT2D eigenvalue weighted by atomic mass is 10.3. The molecule has 0 bridgehead atoms. The molecule has 1 amide bonds. The summed E-state index contributed by atoms with van der Waals surface area (Å²) in [6.07, 6.45) is 1.21. The number of nitrogens with zero attached hydrogens (tertiary/aromatic N) is 3. The third-order valence-corrected chi connectivity index (χ3v) is 4.83. The second-order valence-corrected chi connectivity index (χ2v) is 6.91. The van der Waals surface area contributed by atoms with Crippen molar-refractivity contribution in [3.05, 3.63) is 0 Å². The molecule has 2 saturated heterocycles. The van der Waals surface area contributed by atoms with Gasteiger partial charge in [-0.3, -0.25) is 9.69 Å². The Labute approximate surface area is 114 Å².